The molecule has 6 heteroatoms. The van der Waals surface area contributed by atoms with Gasteiger partial charge in [-0.1, -0.05) is 18.2 Å². The van der Waals surface area contributed by atoms with E-state index in [1.807, 2.05) is 48.7 Å². The van der Waals surface area contributed by atoms with E-state index in [1.54, 1.807) is 13.3 Å². The number of hydrogen-bond acceptors (Lipinski definition) is 4. The molecule has 0 saturated carbocycles. The first-order chi connectivity index (χ1) is 12.2. The maximum Gasteiger partial charge on any atom is 0.229 e. The quantitative estimate of drug-likeness (QED) is 0.695. The van der Waals surface area contributed by atoms with Crippen LogP contribution in [0.1, 0.15) is 16.8 Å². The lowest BCUT2D eigenvalue weighted by molar-refractivity contribution is -0.115. The summed E-state index contributed by atoms with van der Waals surface area (Å²) >= 11 is 0. The Morgan fingerprint density at radius 2 is 2.04 bits per heavy atom. The molecule has 25 heavy (non-hydrogen) atoms. The zero-order valence-electron chi connectivity index (χ0n) is 14.0. The second kappa shape index (κ2) is 8.10. The predicted molar refractivity (Wildman–Crippen MR) is 95.6 cm³/mol. The van der Waals surface area contributed by atoms with E-state index in [-0.39, 0.29) is 12.3 Å². The van der Waals surface area contributed by atoms with Crippen molar-refractivity contribution < 1.29 is 9.53 Å². The van der Waals surface area contributed by atoms with Crippen LogP contribution in [0.2, 0.25) is 0 Å². The first-order valence-corrected chi connectivity index (χ1v) is 8.09. The molecule has 0 aliphatic rings. The number of ether oxygens (including phenoxy) is 1. The summed E-state index contributed by atoms with van der Waals surface area (Å²) in [7, 11) is 1.61. The van der Waals surface area contributed by atoms with Crippen LogP contribution in [0.25, 0.3) is 0 Å². The number of amides is 1. The van der Waals surface area contributed by atoms with Gasteiger partial charge in [0.25, 0.3) is 0 Å². The number of pyridine rings is 1. The Bertz CT molecular complexity index is 830. The fourth-order valence-corrected chi connectivity index (χ4v) is 2.54. The molecular weight excluding hydrogens is 316 g/mol. The van der Waals surface area contributed by atoms with E-state index in [2.05, 4.69) is 20.5 Å². The van der Waals surface area contributed by atoms with Gasteiger partial charge in [0.1, 0.15) is 11.6 Å². The number of rotatable bonds is 7. The molecular formula is C19H20N4O2. The van der Waals surface area contributed by atoms with Crippen molar-refractivity contribution in [1.29, 1.82) is 0 Å². The molecule has 0 aliphatic carbocycles. The Hall–Kier alpha value is -3.15. The van der Waals surface area contributed by atoms with Gasteiger partial charge in [0.05, 0.1) is 19.2 Å². The molecule has 0 aliphatic heterocycles. The third kappa shape index (κ3) is 4.91. The number of carbonyl (C=O) groups is 1. The fourth-order valence-electron chi connectivity index (χ4n) is 2.54. The minimum Gasteiger partial charge on any atom is -0.497 e. The molecule has 3 rings (SSSR count). The van der Waals surface area contributed by atoms with E-state index < -0.39 is 0 Å². The molecule has 0 unspecified atom stereocenters. The third-order valence-corrected chi connectivity index (χ3v) is 3.80. The molecule has 0 saturated heterocycles. The number of anilines is 1. The number of methoxy groups -OCH3 is 1. The summed E-state index contributed by atoms with van der Waals surface area (Å²) < 4.78 is 5.17. The van der Waals surface area contributed by atoms with Crippen LogP contribution in [0.4, 0.5) is 5.82 Å². The molecule has 0 spiro atoms. The van der Waals surface area contributed by atoms with Crippen molar-refractivity contribution in [3.63, 3.8) is 0 Å². The summed E-state index contributed by atoms with van der Waals surface area (Å²) in [5, 5.41) is 9.93. The van der Waals surface area contributed by atoms with Crippen LogP contribution in [0, 0.1) is 0 Å². The van der Waals surface area contributed by atoms with Crippen molar-refractivity contribution in [2.24, 2.45) is 0 Å². The molecule has 0 radical (unpaired) electrons. The molecule has 6 nitrogen and oxygen atoms in total. The van der Waals surface area contributed by atoms with Crippen LogP contribution < -0.4 is 10.1 Å². The van der Waals surface area contributed by atoms with Gasteiger partial charge in [0.15, 0.2) is 0 Å². The lowest BCUT2D eigenvalue weighted by Gasteiger charge is -2.04. The average Bonchev–Trinajstić information content (AvgIpc) is 3.08. The Morgan fingerprint density at radius 3 is 2.84 bits per heavy atom. The van der Waals surface area contributed by atoms with Crippen molar-refractivity contribution in [3.05, 3.63) is 71.7 Å². The van der Waals surface area contributed by atoms with Crippen LogP contribution in [0.3, 0.4) is 0 Å². The fraction of sp³-hybridized carbons (Fsp3) is 0.211. The van der Waals surface area contributed by atoms with Gasteiger partial charge in [-0.05, 0) is 42.2 Å². The molecule has 3 aromatic rings. The van der Waals surface area contributed by atoms with Crippen LogP contribution in [-0.4, -0.2) is 28.2 Å². The number of aryl methyl sites for hydroxylation is 2. The minimum absolute atomic E-state index is 0.101. The van der Waals surface area contributed by atoms with Crippen molar-refractivity contribution >= 4 is 11.7 Å². The van der Waals surface area contributed by atoms with Gasteiger partial charge < -0.3 is 10.1 Å². The number of nitrogens with one attached hydrogen (secondary N) is 2. The standard InChI is InChI=1S/C19H20N4O2/c1-25-17-6-2-4-15(10-17)11-19(24)21-18-12-16(22-23-18)8-7-14-5-3-9-20-13-14/h2-6,9-10,12-13H,7-8,11H2,1H3,(H2,21,22,23,24). The lowest BCUT2D eigenvalue weighted by atomic mass is 10.1. The first-order valence-electron chi connectivity index (χ1n) is 8.09. The number of aromatic amines is 1. The number of hydrogen-bond donors (Lipinski definition) is 2. The van der Waals surface area contributed by atoms with Crippen molar-refractivity contribution in [2.75, 3.05) is 12.4 Å². The summed E-state index contributed by atoms with van der Waals surface area (Å²) in [5.74, 6) is 1.24. The van der Waals surface area contributed by atoms with Crippen molar-refractivity contribution in [2.45, 2.75) is 19.3 Å². The largest absolute Gasteiger partial charge is 0.497 e. The lowest BCUT2D eigenvalue weighted by Crippen LogP contribution is -2.14. The second-order valence-electron chi connectivity index (χ2n) is 5.71. The zero-order valence-corrected chi connectivity index (χ0v) is 14.0. The molecule has 0 atom stereocenters. The summed E-state index contributed by atoms with van der Waals surface area (Å²) in [5.41, 5.74) is 2.96. The van der Waals surface area contributed by atoms with E-state index >= 15 is 0 Å². The van der Waals surface area contributed by atoms with Gasteiger partial charge in [0, 0.05) is 18.5 Å². The SMILES string of the molecule is COc1cccc(CC(=O)Nc2cc(CCc3cccnc3)n[nH]2)c1. The van der Waals surface area contributed by atoms with Gasteiger partial charge in [-0.3, -0.25) is 14.9 Å². The molecule has 1 amide bonds. The Kier molecular flexibility index (Phi) is 5.41. The van der Waals surface area contributed by atoms with Gasteiger partial charge >= 0.3 is 0 Å². The van der Waals surface area contributed by atoms with E-state index in [0.717, 1.165) is 35.4 Å². The van der Waals surface area contributed by atoms with E-state index in [4.69, 9.17) is 4.74 Å². The molecule has 2 N–H and O–H groups in total. The van der Waals surface area contributed by atoms with Gasteiger partial charge in [-0.15, -0.1) is 0 Å². The van der Waals surface area contributed by atoms with Gasteiger partial charge in [-0.2, -0.15) is 5.10 Å². The van der Waals surface area contributed by atoms with Crippen LogP contribution >= 0.6 is 0 Å². The summed E-state index contributed by atoms with van der Waals surface area (Å²) in [6.07, 6.45) is 5.53. The number of carbonyl (C=O) groups excluding carboxylic acids is 1. The molecule has 2 heterocycles. The number of nitrogens with zero attached hydrogens (tertiary/aromatic N) is 2. The van der Waals surface area contributed by atoms with Gasteiger partial charge in [0.2, 0.25) is 5.91 Å². The number of H-pyrrole nitrogens is 1. The van der Waals surface area contributed by atoms with Crippen LogP contribution in [-0.2, 0) is 24.1 Å². The highest BCUT2D eigenvalue weighted by Gasteiger charge is 2.08. The first kappa shape index (κ1) is 16.7. The highest BCUT2D eigenvalue weighted by molar-refractivity contribution is 5.91. The maximum atomic E-state index is 12.2. The number of aromatic nitrogens is 3. The molecule has 128 valence electrons. The molecule has 0 fully saturated rings. The monoisotopic (exact) mass is 336 g/mol. The van der Waals surface area contributed by atoms with E-state index in [1.165, 1.54) is 0 Å². The molecule has 0 bridgehead atoms. The molecule has 1 aromatic carbocycles. The zero-order chi connectivity index (χ0) is 17.5. The normalized spacial score (nSPS) is 10.4. The maximum absolute atomic E-state index is 12.2. The summed E-state index contributed by atoms with van der Waals surface area (Å²) in [6.45, 7) is 0. The van der Waals surface area contributed by atoms with E-state index in [0.29, 0.717) is 5.82 Å². The smallest absolute Gasteiger partial charge is 0.229 e. The Morgan fingerprint density at radius 1 is 1.16 bits per heavy atom. The van der Waals surface area contributed by atoms with Crippen LogP contribution in [0.5, 0.6) is 5.75 Å². The Balaban J connectivity index is 1.52. The number of benzene rings is 1. The highest BCUT2D eigenvalue weighted by Crippen LogP contribution is 2.14. The van der Waals surface area contributed by atoms with E-state index in [9.17, 15) is 4.79 Å². The predicted octanol–water partition coefficient (Wildman–Crippen LogP) is 2.78. The molecule has 2 aromatic heterocycles. The topological polar surface area (TPSA) is 79.9 Å². The third-order valence-electron chi connectivity index (χ3n) is 3.80. The second-order valence-corrected chi connectivity index (χ2v) is 5.71. The minimum atomic E-state index is -0.101. The van der Waals surface area contributed by atoms with Crippen LogP contribution in [0.15, 0.2) is 54.9 Å². The van der Waals surface area contributed by atoms with Crippen molar-refractivity contribution in [1.82, 2.24) is 15.2 Å². The highest BCUT2D eigenvalue weighted by atomic mass is 16.5. The Labute approximate surface area is 146 Å². The average molecular weight is 336 g/mol. The van der Waals surface area contributed by atoms with Gasteiger partial charge in [-0.25, -0.2) is 0 Å². The summed E-state index contributed by atoms with van der Waals surface area (Å²) in [4.78, 5) is 16.3. The van der Waals surface area contributed by atoms with Crippen molar-refractivity contribution in [3.8, 4) is 5.75 Å². The summed E-state index contributed by atoms with van der Waals surface area (Å²) in [6, 6.07) is 13.3.